The predicted octanol–water partition coefficient (Wildman–Crippen LogP) is 5.65. The molecule has 2 aromatic heterocycles. The van der Waals surface area contributed by atoms with Gasteiger partial charge in [-0.05, 0) is 39.9 Å². The lowest BCUT2D eigenvalue weighted by atomic mass is 10.1. The lowest BCUT2D eigenvalue weighted by molar-refractivity contribution is 0.937. The molecule has 23 heavy (non-hydrogen) atoms. The highest BCUT2D eigenvalue weighted by Crippen LogP contribution is 2.27. The second kappa shape index (κ2) is 6.52. The molecule has 4 aromatic rings. The van der Waals surface area contributed by atoms with Gasteiger partial charge in [0.15, 0.2) is 0 Å². The standard InChI is InChI=1S/C19H14N2S2/c1-2-8-16-14(5-1)6-3-7-15(16)13-23-19-11-10-17(20-21-19)18-9-4-12-22-18/h1-12H,13H2. The third kappa shape index (κ3) is 3.14. The smallest absolute Gasteiger partial charge is 0.119 e. The molecule has 0 saturated carbocycles. The molecule has 2 heterocycles. The first-order chi connectivity index (χ1) is 11.4. The summed E-state index contributed by atoms with van der Waals surface area (Å²) in [6.45, 7) is 0. The molecule has 0 spiro atoms. The normalized spacial score (nSPS) is 11.0. The first kappa shape index (κ1) is 14.4. The van der Waals surface area contributed by atoms with Crippen molar-refractivity contribution < 1.29 is 0 Å². The quantitative estimate of drug-likeness (QED) is 0.451. The molecular formula is C19H14N2S2. The van der Waals surface area contributed by atoms with E-state index in [1.165, 1.54) is 16.3 Å². The van der Waals surface area contributed by atoms with Gasteiger partial charge in [-0.25, -0.2) is 0 Å². The molecule has 4 rings (SSSR count). The van der Waals surface area contributed by atoms with E-state index < -0.39 is 0 Å². The Morgan fingerprint density at radius 3 is 2.57 bits per heavy atom. The molecule has 2 aromatic carbocycles. The molecule has 0 unspecified atom stereocenters. The molecule has 2 nitrogen and oxygen atoms in total. The van der Waals surface area contributed by atoms with Crippen molar-refractivity contribution in [2.24, 2.45) is 0 Å². The summed E-state index contributed by atoms with van der Waals surface area (Å²) >= 11 is 3.41. The van der Waals surface area contributed by atoms with Crippen LogP contribution in [-0.2, 0) is 5.75 Å². The minimum atomic E-state index is 0.897. The number of rotatable bonds is 4. The van der Waals surface area contributed by atoms with Gasteiger partial charge in [-0.2, -0.15) is 0 Å². The fraction of sp³-hybridized carbons (Fsp3) is 0.0526. The van der Waals surface area contributed by atoms with E-state index in [9.17, 15) is 0 Å². The lowest BCUT2D eigenvalue weighted by Gasteiger charge is -2.06. The van der Waals surface area contributed by atoms with Crippen molar-refractivity contribution in [1.82, 2.24) is 10.2 Å². The average Bonchev–Trinajstić information content (AvgIpc) is 3.15. The molecular weight excluding hydrogens is 320 g/mol. The Bertz CT molecular complexity index is 910. The van der Waals surface area contributed by atoms with E-state index >= 15 is 0 Å². The number of thiophene rings is 1. The van der Waals surface area contributed by atoms with Gasteiger partial charge in [0.25, 0.3) is 0 Å². The van der Waals surface area contributed by atoms with E-state index in [1.807, 2.05) is 12.1 Å². The van der Waals surface area contributed by atoms with Crippen molar-refractivity contribution in [3.05, 3.63) is 77.7 Å². The largest absolute Gasteiger partial charge is 0.149 e. The highest BCUT2D eigenvalue weighted by molar-refractivity contribution is 7.98. The van der Waals surface area contributed by atoms with E-state index in [2.05, 4.69) is 70.2 Å². The Hall–Kier alpha value is -2.17. The van der Waals surface area contributed by atoms with Crippen LogP contribution < -0.4 is 0 Å². The number of aromatic nitrogens is 2. The van der Waals surface area contributed by atoms with Crippen molar-refractivity contribution in [2.75, 3.05) is 0 Å². The van der Waals surface area contributed by atoms with Crippen LogP contribution in [0.3, 0.4) is 0 Å². The van der Waals surface area contributed by atoms with Crippen LogP contribution >= 0.6 is 23.1 Å². The summed E-state index contributed by atoms with van der Waals surface area (Å²) in [7, 11) is 0. The number of hydrogen-bond donors (Lipinski definition) is 0. The fourth-order valence-electron chi connectivity index (χ4n) is 2.52. The molecule has 112 valence electrons. The van der Waals surface area contributed by atoms with Gasteiger partial charge in [0.1, 0.15) is 10.7 Å². The van der Waals surface area contributed by atoms with Gasteiger partial charge in [0.05, 0.1) is 4.88 Å². The molecule has 0 amide bonds. The first-order valence-corrected chi connectivity index (χ1v) is 9.24. The van der Waals surface area contributed by atoms with Gasteiger partial charge in [0, 0.05) is 5.75 Å². The van der Waals surface area contributed by atoms with Crippen LogP contribution in [0, 0.1) is 0 Å². The Kier molecular flexibility index (Phi) is 4.09. The summed E-state index contributed by atoms with van der Waals surface area (Å²) in [5, 5.41) is 14.3. The van der Waals surface area contributed by atoms with Gasteiger partial charge >= 0.3 is 0 Å². The minimum Gasteiger partial charge on any atom is -0.149 e. The topological polar surface area (TPSA) is 25.8 Å². The van der Waals surface area contributed by atoms with Crippen LogP contribution in [0.25, 0.3) is 21.3 Å². The van der Waals surface area contributed by atoms with Crippen molar-refractivity contribution >= 4 is 33.9 Å². The molecule has 0 bridgehead atoms. The molecule has 0 aliphatic carbocycles. The van der Waals surface area contributed by atoms with Crippen molar-refractivity contribution in [1.29, 1.82) is 0 Å². The van der Waals surface area contributed by atoms with E-state index in [0.29, 0.717) is 0 Å². The van der Waals surface area contributed by atoms with Crippen molar-refractivity contribution in [2.45, 2.75) is 10.8 Å². The lowest BCUT2D eigenvalue weighted by Crippen LogP contribution is -1.89. The molecule has 0 N–H and O–H groups in total. The van der Waals surface area contributed by atoms with E-state index in [1.54, 1.807) is 23.1 Å². The Balaban J connectivity index is 1.52. The molecule has 0 aliphatic rings. The van der Waals surface area contributed by atoms with Crippen LogP contribution in [0.15, 0.2) is 77.1 Å². The minimum absolute atomic E-state index is 0.897. The number of nitrogens with zero attached hydrogens (tertiary/aromatic N) is 2. The number of hydrogen-bond acceptors (Lipinski definition) is 4. The first-order valence-electron chi connectivity index (χ1n) is 7.37. The van der Waals surface area contributed by atoms with E-state index in [-0.39, 0.29) is 0 Å². The average molecular weight is 334 g/mol. The van der Waals surface area contributed by atoms with Gasteiger partial charge < -0.3 is 0 Å². The molecule has 0 radical (unpaired) electrons. The Labute approximate surface area is 143 Å². The summed E-state index contributed by atoms with van der Waals surface area (Å²) < 4.78 is 0. The van der Waals surface area contributed by atoms with Crippen LogP contribution in [0.4, 0.5) is 0 Å². The maximum Gasteiger partial charge on any atom is 0.119 e. The molecule has 0 aliphatic heterocycles. The molecule has 0 fully saturated rings. The zero-order valence-corrected chi connectivity index (χ0v) is 14.0. The van der Waals surface area contributed by atoms with Gasteiger partial charge in [0.2, 0.25) is 0 Å². The summed E-state index contributed by atoms with van der Waals surface area (Å²) in [4.78, 5) is 1.16. The predicted molar refractivity (Wildman–Crippen MR) is 98.9 cm³/mol. The van der Waals surface area contributed by atoms with E-state index in [4.69, 9.17) is 0 Å². The van der Waals surface area contributed by atoms with Crippen LogP contribution in [0.2, 0.25) is 0 Å². The number of benzene rings is 2. The van der Waals surface area contributed by atoms with Crippen LogP contribution in [0.5, 0.6) is 0 Å². The summed E-state index contributed by atoms with van der Waals surface area (Å²) in [5.74, 6) is 0.897. The van der Waals surface area contributed by atoms with Gasteiger partial charge in [-0.1, -0.05) is 60.3 Å². The maximum atomic E-state index is 4.35. The Morgan fingerprint density at radius 2 is 1.74 bits per heavy atom. The van der Waals surface area contributed by atoms with Crippen LogP contribution in [0.1, 0.15) is 5.56 Å². The van der Waals surface area contributed by atoms with Crippen molar-refractivity contribution in [3.8, 4) is 10.6 Å². The van der Waals surface area contributed by atoms with Crippen LogP contribution in [-0.4, -0.2) is 10.2 Å². The molecule has 0 atom stereocenters. The number of thioether (sulfide) groups is 1. The second-order valence-electron chi connectivity index (χ2n) is 5.16. The van der Waals surface area contributed by atoms with Crippen molar-refractivity contribution in [3.63, 3.8) is 0 Å². The Morgan fingerprint density at radius 1 is 0.826 bits per heavy atom. The monoisotopic (exact) mass is 334 g/mol. The fourth-order valence-corrected chi connectivity index (χ4v) is 4.03. The highest BCUT2D eigenvalue weighted by Gasteiger charge is 2.05. The summed E-state index contributed by atoms with van der Waals surface area (Å²) in [6.07, 6.45) is 0. The highest BCUT2D eigenvalue weighted by atomic mass is 32.2. The van der Waals surface area contributed by atoms with Gasteiger partial charge in [-0.15, -0.1) is 21.5 Å². The summed E-state index contributed by atoms with van der Waals surface area (Å²) in [6, 6.07) is 23.1. The molecule has 4 heteroatoms. The maximum absolute atomic E-state index is 4.35. The third-order valence-corrected chi connectivity index (χ3v) is 5.53. The van der Waals surface area contributed by atoms with E-state index in [0.717, 1.165) is 21.3 Å². The number of fused-ring (bicyclic) bond motifs is 1. The van der Waals surface area contributed by atoms with Gasteiger partial charge in [-0.3, -0.25) is 0 Å². The summed E-state index contributed by atoms with van der Waals surface area (Å²) in [5.41, 5.74) is 2.27. The SMILES string of the molecule is c1csc(-c2ccc(SCc3cccc4ccccc34)nn2)c1. The third-order valence-electron chi connectivity index (χ3n) is 3.67. The zero-order chi connectivity index (χ0) is 15.5. The second-order valence-corrected chi connectivity index (χ2v) is 7.10. The zero-order valence-electron chi connectivity index (χ0n) is 12.3. The molecule has 0 saturated heterocycles.